The highest BCUT2D eigenvalue weighted by atomic mass is 35.5. The Morgan fingerprint density at radius 1 is 1.16 bits per heavy atom. The van der Waals surface area contributed by atoms with Gasteiger partial charge in [0.2, 0.25) is 15.9 Å². The van der Waals surface area contributed by atoms with E-state index >= 15 is 0 Å². The zero-order chi connectivity index (χ0) is 22.4. The summed E-state index contributed by atoms with van der Waals surface area (Å²) in [5.74, 6) is 0.0735. The lowest BCUT2D eigenvalue weighted by atomic mass is 9.95. The molecule has 0 aromatic heterocycles. The number of ether oxygens (including phenoxy) is 1. The van der Waals surface area contributed by atoms with Crippen LogP contribution in [0.25, 0.3) is 0 Å². The van der Waals surface area contributed by atoms with Crippen LogP contribution in [0, 0.1) is 0 Å². The van der Waals surface area contributed by atoms with Gasteiger partial charge < -0.3 is 10.1 Å². The SMILES string of the molecule is COc1ccc(S(=O)(=O)N(CC(=O)N[C@@H](C)c2ccccc2)C2CCCCC2)cc1Cl. The van der Waals surface area contributed by atoms with E-state index < -0.39 is 10.0 Å². The van der Waals surface area contributed by atoms with Gasteiger partial charge in [-0.05, 0) is 43.5 Å². The van der Waals surface area contributed by atoms with Crippen LogP contribution < -0.4 is 10.1 Å². The molecular weight excluding hydrogens is 436 g/mol. The highest BCUT2D eigenvalue weighted by Crippen LogP contribution is 2.31. The third-order valence-electron chi connectivity index (χ3n) is 5.69. The molecule has 8 heteroatoms. The monoisotopic (exact) mass is 464 g/mol. The predicted octanol–water partition coefficient (Wildman–Crippen LogP) is 4.55. The number of benzene rings is 2. The second-order valence-corrected chi connectivity index (χ2v) is 10.1. The van der Waals surface area contributed by atoms with Crippen molar-refractivity contribution in [2.24, 2.45) is 0 Å². The maximum absolute atomic E-state index is 13.5. The van der Waals surface area contributed by atoms with Crippen molar-refractivity contribution in [3.05, 3.63) is 59.1 Å². The van der Waals surface area contributed by atoms with Crippen LogP contribution in [0.15, 0.2) is 53.4 Å². The molecule has 0 aliphatic heterocycles. The Bertz CT molecular complexity index is 992. The summed E-state index contributed by atoms with van der Waals surface area (Å²) in [6.45, 7) is 1.66. The number of nitrogens with zero attached hydrogens (tertiary/aromatic N) is 1. The molecule has 0 saturated heterocycles. The van der Waals surface area contributed by atoms with E-state index in [0.29, 0.717) is 5.75 Å². The van der Waals surface area contributed by atoms with Crippen LogP contribution in [0.2, 0.25) is 5.02 Å². The second kappa shape index (κ2) is 10.5. The van der Waals surface area contributed by atoms with Crippen LogP contribution in [0.4, 0.5) is 0 Å². The molecule has 6 nitrogen and oxygen atoms in total. The van der Waals surface area contributed by atoms with Crippen molar-refractivity contribution in [1.29, 1.82) is 0 Å². The minimum Gasteiger partial charge on any atom is -0.495 e. The quantitative estimate of drug-likeness (QED) is 0.621. The molecule has 1 N–H and O–H groups in total. The van der Waals surface area contributed by atoms with Gasteiger partial charge in [0, 0.05) is 6.04 Å². The number of methoxy groups -OCH3 is 1. The van der Waals surface area contributed by atoms with Crippen molar-refractivity contribution in [3.8, 4) is 5.75 Å². The highest BCUT2D eigenvalue weighted by Gasteiger charge is 2.34. The standard InChI is InChI=1S/C23H29ClN2O4S/c1-17(18-9-5-3-6-10-18)25-23(27)16-26(19-11-7-4-8-12-19)31(28,29)20-13-14-22(30-2)21(24)15-20/h3,5-6,9-10,13-15,17,19H,4,7-8,11-12,16H2,1-2H3,(H,25,27)/t17-/m0/s1. The first-order valence-corrected chi connectivity index (χ1v) is 12.3. The minimum atomic E-state index is -3.91. The highest BCUT2D eigenvalue weighted by molar-refractivity contribution is 7.89. The zero-order valence-electron chi connectivity index (χ0n) is 17.9. The number of carbonyl (C=O) groups excluding carboxylic acids is 1. The van der Waals surface area contributed by atoms with E-state index in [9.17, 15) is 13.2 Å². The fourth-order valence-electron chi connectivity index (χ4n) is 3.98. The molecule has 0 bridgehead atoms. The first-order chi connectivity index (χ1) is 14.8. The molecule has 0 heterocycles. The molecular formula is C23H29ClN2O4S. The molecule has 1 aliphatic carbocycles. The number of hydrogen-bond donors (Lipinski definition) is 1. The average molecular weight is 465 g/mol. The van der Waals surface area contributed by atoms with Crippen LogP contribution in [-0.2, 0) is 14.8 Å². The third kappa shape index (κ3) is 5.79. The Hall–Kier alpha value is -2.09. The van der Waals surface area contributed by atoms with E-state index in [0.717, 1.165) is 37.7 Å². The maximum Gasteiger partial charge on any atom is 0.243 e. The van der Waals surface area contributed by atoms with Gasteiger partial charge >= 0.3 is 0 Å². The molecule has 1 atom stereocenters. The van der Waals surface area contributed by atoms with Gasteiger partial charge in [-0.25, -0.2) is 8.42 Å². The minimum absolute atomic E-state index is 0.0628. The Labute approximate surface area is 189 Å². The van der Waals surface area contributed by atoms with E-state index in [1.165, 1.54) is 29.6 Å². The normalized spacial score (nSPS) is 16.1. The maximum atomic E-state index is 13.5. The van der Waals surface area contributed by atoms with Crippen LogP contribution in [-0.4, -0.2) is 38.3 Å². The lowest BCUT2D eigenvalue weighted by molar-refractivity contribution is -0.122. The molecule has 168 valence electrons. The van der Waals surface area contributed by atoms with Gasteiger partial charge in [0.15, 0.2) is 0 Å². The van der Waals surface area contributed by atoms with Gasteiger partial charge in [-0.3, -0.25) is 4.79 Å². The number of hydrogen-bond acceptors (Lipinski definition) is 4. The summed E-state index contributed by atoms with van der Waals surface area (Å²) >= 11 is 6.18. The second-order valence-electron chi connectivity index (χ2n) is 7.84. The molecule has 3 rings (SSSR count). The molecule has 1 amide bonds. The molecule has 1 aliphatic rings. The Morgan fingerprint density at radius 2 is 1.84 bits per heavy atom. The number of halogens is 1. The van der Waals surface area contributed by atoms with Crippen LogP contribution in [0.3, 0.4) is 0 Å². The van der Waals surface area contributed by atoms with E-state index in [2.05, 4.69) is 5.32 Å². The van der Waals surface area contributed by atoms with E-state index in [1.807, 2.05) is 37.3 Å². The van der Waals surface area contributed by atoms with Crippen molar-refractivity contribution in [3.63, 3.8) is 0 Å². The number of nitrogens with one attached hydrogen (secondary N) is 1. The predicted molar refractivity (Wildman–Crippen MR) is 122 cm³/mol. The van der Waals surface area contributed by atoms with Gasteiger partial charge in [0.05, 0.1) is 29.6 Å². The summed E-state index contributed by atoms with van der Waals surface area (Å²) in [5, 5.41) is 3.14. The Morgan fingerprint density at radius 3 is 2.45 bits per heavy atom. The number of rotatable bonds is 8. The molecule has 31 heavy (non-hydrogen) atoms. The topological polar surface area (TPSA) is 75.7 Å². The van der Waals surface area contributed by atoms with Crippen molar-refractivity contribution < 1.29 is 17.9 Å². The first-order valence-electron chi connectivity index (χ1n) is 10.5. The number of carbonyl (C=O) groups is 1. The van der Waals surface area contributed by atoms with Gasteiger partial charge in [-0.15, -0.1) is 0 Å². The van der Waals surface area contributed by atoms with Gasteiger partial charge in [-0.2, -0.15) is 4.31 Å². The van der Waals surface area contributed by atoms with E-state index in [-0.39, 0.29) is 34.5 Å². The first kappa shape index (κ1) is 23.6. The van der Waals surface area contributed by atoms with Crippen LogP contribution in [0.5, 0.6) is 5.75 Å². The fraction of sp³-hybridized carbons (Fsp3) is 0.435. The smallest absolute Gasteiger partial charge is 0.243 e. The fourth-order valence-corrected chi connectivity index (χ4v) is 5.97. The molecule has 1 fully saturated rings. The third-order valence-corrected chi connectivity index (χ3v) is 7.88. The molecule has 0 unspecified atom stereocenters. The van der Waals surface area contributed by atoms with Crippen molar-refractivity contribution in [1.82, 2.24) is 9.62 Å². The van der Waals surface area contributed by atoms with Crippen molar-refractivity contribution in [2.45, 2.75) is 56.0 Å². The summed E-state index contributed by atoms with van der Waals surface area (Å²) in [4.78, 5) is 12.9. The van der Waals surface area contributed by atoms with Gasteiger partial charge in [0.25, 0.3) is 0 Å². The van der Waals surface area contributed by atoms with E-state index in [1.54, 1.807) is 0 Å². The molecule has 1 saturated carbocycles. The summed E-state index contributed by atoms with van der Waals surface area (Å²) in [6, 6.07) is 13.5. The summed E-state index contributed by atoms with van der Waals surface area (Å²) < 4.78 is 33.5. The average Bonchev–Trinajstić information content (AvgIpc) is 2.78. The van der Waals surface area contributed by atoms with Crippen LogP contribution in [0.1, 0.15) is 50.6 Å². The zero-order valence-corrected chi connectivity index (χ0v) is 19.5. The molecule has 0 spiro atoms. The lowest BCUT2D eigenvalue weighted by Gasteiger charge is -2.33. The van der Waals surface area contributed by atoms with Crippen molar-refractivity contribution in [2.75, 3.05) is 13.7 Å². The van der Waals surface area contributed by atoms with Crippen molar-refractivity contribution >= 4 is 27.5 Å². The van der Waals surface area contributed by atoms with Gasteiger partial charge in [0.1, 0.15) is 5.75 Å². The van der Waals surface area contributed by atoms with E-state index in [4.69, 9.17) is 16.3 Å². The molecule has 0 radical (unpaired) electrons. The summed E-state index contributed by atoms with van der Waals surface area (Å²) in [6.07, 6.45) is 4.45. The summed E-state index contributed by atoms with van der Waals surface area (Å²) in [7, 11) is -2.44. The molecule has 2 aromatic rings. The number of sulfonamides is 1. The molecule has 2 aromatic carbocycles. The largest absolute Gasteiger partial charge is 0.495 e. The lowest BCUT2D eigenvalue weighted by Crippen LogP contribution is -2.47. The summed E-state index contributed by atoms with van der Waals surface area (Å²) in [5.41, 5.74) is 0.963. The Kier molecular flexibility index (Phi) is 7.97. The number of amides is 1. The van der Waals surface area contributed by atoms with Crippen LogP contribution >= 0.6 is 11.6 Å². The van der Waals surface area contributed by atoms with Gasteiger partial charge in [-0.1, -0.05) is 61.2 Å². The Balaban J connectivity index is 1.84.